The number of hydrogen-bond acceptors (Lipinski definition) is 6. The van der Waals surface area contributed by atoms with Gasteiger partial charge in [0.15, 0.2) is 6.61 Å². The summed E-state index contributed by atoms with van der Waals surface area (Å²) in [5.74, 6) is -1.25. The van der Waals surface area contributed by atoms with Crippen molar-refractivity contribution in [3.05, 3.63) is 91.9 Å². The Labute approximate surface area is 230 Å². The molecule has 2 amide bonds. The highest BCUT2D eigenvalue weighted by Gasteiger charge is 2.16. The molecule has 0 radical (unpaired) electrons. The van der Waals surface area contributed by atoms with Gasteiger partial charge in [0, 0.05) is 21.4 Å². The van der Waals surface area contributed by atoms with Gasteiger partial charge in [-0.3, -0.25) is 9.59 Å². The molecule has 0 bridgehead atoms. The second-order valence-corrected chi connectivity index (χ2v) is 9.47. The molecule has 3 aromatic rings. The molecule has 3 rings (SSSR count). The van der Waals surface area contributed by atoms with Gasteiger partial charge < -0.3 is 20.1 Å². The summed E-state index contributed by atoms with van der Waals surface area (Å²) in [7, 11) is 1.27. The van der Waals surface area contributed by atoms with E-state index in [2.05, 4.69) is 47.2 Å². The topological polar surface area (TPSA) is 118 Å². The van der Waals surface area contributed by atoms with E-state index in [0.717, 1.165) is 5.56 Å². The van der Waals surface area contributed by atoms with E-state index in [9.17, 15) is 19.6 Å². The lowest BCUT2D eigenvalue weighted by Crippen LogP contribution is -2.20. The Morgan fingerprint density at radius 2 is 1.59 bits per heavy atom. The van der Waals surface area contributed by atoms with Crippen molar-refractivity contribution in [2.45, 2.75) is 6.92 Å². The highest BCUT2D eigenvalue weighted by molar-refractivity contribution is 9.11. The van der Waals surface area contributed by atoms with Gasteiger partial charge in [-0.1, -0.05) is 33.6 Å². The molecule has 0 fully saturated rings. The van der Waals surface area contributed by atoms with Crippen LogP contribution in [-0.2, 0) is 14.3 Å². The van der Waals surface area contributed by atoms with Crippen LogP contribution in [-0.4, -0.2) is 31.5 Å². The lowest BCUT2D eigenvalue weighted by Gasteiger charge is -2.13. The number of methoxy groups -OCH3 is 1. The van der Waals surface area contributed by atoms with Crippen LogP contribution in [0.4, 0.5) is 11.4 Å². The molecule has 0 spiro atoms. The molecule has 0 aliphatic rings. The molecule has 2 N–H and O–H groups in total. The van der Waals surface area contributed by atoms with Gasteiger partial charge >= 0.3 is 5.97 Å². The van der Waals surface area contributed by atoms with Crippen LogP contribution >= 0.6 is 31.9 Å². The molecule has 0 atom stereocenters. The molecule has 3 aromatic carbocycles. The van der Waals surface area contributed by atoms with Gasteiger partial charge in [-0.05, 0) is 77.5 Å². The van der Waals surface area contributed by atoms with Gasteiger partial charge in [0.1, 0.15) is 17.4 Å². The number of rotatable bonds is 8. The zero-order chi connectivity index (χ0) is 26.9. The van der Waals surface area contributed by atoms with E-state index in [-0.39, 0.29) is 23.8 Å². The lowest BCUT2D eigenvalue weighted by molar-refractivity contribution is -0.118. The summed E-state index contributed by atoms with van der Waals surface area (Å²) in [6.07, 6.45) is 1.36. The van der Waals surface area contributed by atoms with Crippen LogP contribution < -0.4 is 15.4 Å². The second-order valence-electron chi connectivity index (χ2n) is 7.70. The Bertz CT molecular complexity index is 1400. The summed E-state index contributed by atoms with van der Waals surface area (Å²) in [6.45, 7) is 1.65. The molecule has 0 heterocycles. The van der Waals surface area contributed by atoms with Crippen LogP contribution in [0.25, 0.3) is 6.08 Å². The molecular formula is C27H21Br2N3O5. The van der Waals surface area contributed by atoms with Crippen molar-refractivity contribution in [3.63, 3.8) is 0 Å². The molecule has 37 heavy (non-hydrogen) atoms. The summed E-state index contributed by atoms with van der Waals surface area (Å²) in [5.41, 5.74) is 2.62. The maximum absolute atomic E-state index is 12.8. The van der Waals surface area contributed by atoms with Crippen molar-refractivity contribution in [1.82, 2.24) is 0 Å². The highest BCUT2D eigenvalue weighted by atomic mass is 79.9. The minimum Gasteiger partial charge on any atom is -0.482 e. The predicted octanol–water partition coefficient (Wildman–Crippen LogP) is 5.87. The van der Waals surface area contributed by atoms with Gasteiger partial charge in [-0.25, -0.2) is 4.79 Å². The first kappa shape index (κ1) is 27.6. The smallest absolute Gasteiger partial charge is 0.337 e. The normalized spacial score (nSPS) is 10.7. The highest BCUT2D eigenvalue weighted by Crippen LogP contribution is 2.34. The summed E-state index contributed by atoms with van der Waals surface area (Å²) in [6, 6.07) is 18.7. The fourth-order valence-corrected chi connectivity index (χ4v) is 4.49. The quantitative estimate of drug-likeness (QED) is 0.183. The van der Waals surface area contributed by atoms with E-state index < -0.39 is 11.9 Å². The SMILES string of the molecule is COC(=O)c1ccc(NC(=O)/C(C#N)=C\c2cc(Br)cc(Br)c2OCC(=O)Nc2ccc(C)cc2)cc1. The van der Waals surface area contributed by atoms with Crippen LogP contribution in [0.1, 0.15) is 21.5 Å². The van der Waals surface area contributed by atoms with Crippen LogP contribution in [0.3, 0.4) is 0 Å². The fraction of sp³-hybridized carbons (Fsp3) is 0.111. The van der Waals surface area contributed by atoms with Crippen molar-refractivity contribution in [3.8, 4) is 11.8 Å². The van der Waals surface area contributed by atoms with Gasteiger partial charge in [0.05, 0.1) is 17.1 Å². The predicted molar refractivity (Wildman–Crippen MR) is 147 cm³/mol. The molecule has 0 saturated carbocycles. The van der Waals surface area contributed by atoms with E-state index in [1.807, 2.05) is 25.1 Å². The van der Waals surface area contributed by atoms with Gasteiger partial charge in [0.2, 0.25) is 0 Å². The average Bonchev–Trinajstić information content (AvgIpc) is 2.87. The molecule has 0 aliphatic heterocycles. The van der Waals surface area contributed by atoms with Crippen molar-refractivity contribution < 1.29 is 23.9 Å². The zero-order valence-corrected chi connectivity index (χ0v) is 23.0. The molecular weight excluding hydrogens is 606 g/mol. The van der Waals surface area contributed by atoms with E-state index in [4.69, 9.17) is 4.74 Å². The standard InChI is InChI=1S/C27H21Br2N3O5/c1-16-3-7-21(8-4-16)31-24(33)15-37-25-18(12-20(28)13-23(25)29)11-19(14-30)26(34)32-22-9-5-17(6-10-22)27(35)36-2/h3-13H,15H2,1-2H3,(H,31,33)(H,32,34)/b19-11-. The number of amides is 2. The summed E-state index contributed by atoms with van der Waals surface area (Å²) >= 11 is 6.80. The maximum Gasteiger partial charge on any atom is 0.337 e. The first-order valence-electron chi connectivity index (χ1n) is 10.8. The first-order valence-corrected chi connectivity index (χ1v) is 12.4. The second kappa shape index (κ2) is 12.9. The minimum absolute atomic E-state index is 0.198. The number of nitrogens with zero attached hydrogens (tertiary/aromatic N) is 1. The third-order valence-corrected chi connectivity index (χ3v) is 6.00. The number of esters is 1. The Balaban J connectivity index is 1.77. The average molecular weight is 627 g/mol. The third-order valence-electron chi connectivity index (χ3n) is 4.95. The van der Waals surface area contributed by atoms with E-state index in [1.165, 1.54) is 37.5 Å². The van der Waals surface area contributed by atoms with Gasteiger partial charge in [-0.15, -0.1) is 0 Å². The number of benzene rings is 3. The molecule has 0 aromatic heterocycles. The van der Waals surface area contributed by atoms with Gasteiger partial charge in [0.25, 0.3) is 11.8 Å². The Kier molecular flexibility index (Phi) is 9.60. The number of ether oxygens (including phenoxy) is 2. The minimum atomic E-state index is -0.660. The van der Waals surface area contributed by atoms with Gasteiger partial charge in [-0.2, -0.15) is 5.26 Å². The Morgan fingerprint density at radius 3 is 2.22 bits per heavy atom. The molecule has 8 nitrogen and oxygen atoms in total. The van der Waals surface area contributed by atoms with E-state index >= 15 is 0 Å². The number of carbonyl (C=O) groups is 3. The Morgan fingerprint density at radius 1 is 0.973 bits per heavy atom. The number of hydrogen-bond donors (Lipinski definition) is 2. The number of halogens is 2. The Hall–Kier alpha value is -3.94. The van der Waals surface area contributed by atoms with Crippen LogP contribution in [0.5, 0.6) is 5.75 Å². The summed E-state index contributed by atoms with van der Waals surface area (Å²) in [4.78, 5) is 36.8. The number of anilines is 2. The van der Waals surface area contributed by atoms with Crippen LogP contribution in [0.2, 0.25) is 0 Å². The number of carbonyl (C=O) groups excluding carboxylic acids is 3. The van der Waals surface area contributed by atoms with Crippen molar-refractivity contribution in [1.29, 1.82) is 5.26 Å². The molecule has 188 valence electrons. The lowest BCUT2D eigenvalue weighted by atomic mass is 10.1. The summed E-state index contributed by atoms with van der Waals surface area (Å²) < 4.78 is 11.6. The summed E-state index contributed by atoms with van der Waals surface area (Å²) in [5, 5.41) is 15.0. The van der Waals surface area contributed by atoms with E-state index in [0.29, 0.717) is 31.4 Å². The number of nitriles is 1. The van der Waals surface area contributed by atoms with Crippen molar-refractivity contribution in [2.75, 3.05) is 24.4 Å². The van der Waals surface area contributed by atoms with Crippen LogP contribution in [0.15, 0.2) is 75.2 Å². The maximum atomic E-state index is 12.8. The molecule has 0 aliphatic carbocycles. The van der Waals surface area contributed by atoms with Crippen molar-refractivity contribution in [2.24, 2.45) is 0 Å². The zero-order valence-electron chi connectivity index (χ0n) is 19.8. The first-order chi connectivity index (χ1) is 17.7. The molecule has 0 unspecified atom stereocenters. The monoisotopic (exact) mass is 625 g/mol. The number of nitrogens with one attached hydrogen (secondary N) is 2. The van der Waals surface area contributed by atoms with E-state index in [1.54, 1.807) is 24.3 Å². The van der Waals surface area contributed by atoms with Crippen molar-refractivity contribution >= 4 is 67.1 Å². The largest absolute Gasteiger partial charge is 0.482 e. The van der Waals surface area contributed by atoms with Crippen LogP contribution in [0, 0.1) is 18.3 Å². The third kappa shape index (κ3) is 7.77. The number of aryl methyl sites for hydroxylation is 1. The molecule has 0 saturated heterocycles. The molecule has 10 heteroatoms. The fourth-order valence-electron chi connectivity index (χ4n) is 3.12.